The molecule has 0 aliphatic heterocycles. The van der Waals surface area contributed by atoms with Crippen molar-refractivity contribution >= 4 is 11.9 Å². The lowest BCUT2D eigenvalue weighted by Gasteiger charge is -2.35. The first-order valence-corrected chi connectivity index (χ1v) is 8.61. The summed E-state index contributed by atoms with van der Waals surface area (Å²) in [5, 5.41) is 9.92. The lowest BCUT2D eigenvalue weighted by Crippen LogP contribution is -2.46. The van der Waals surface area contributed by atoms with Crippen LogP contribution in [0.4, 0.5) is 0 Å². The SMILES string of the molecule is COc1ccc(C(=O)OCC(=O)N(Cc2ccccc2)C(C)(C)C)c(O)c1. The molecular weight excluding hydrogens is 346 g/mol. The van der Waals surface area contributed by atoms with Crippen LogP contribution in [0.25, 0.3) is 0 Å². The molecule has 0 fully saturated rings. The summed E-state index contributed by atoms with van der Waals surface area (Å²) in [6.45, 7) is 5.77. The van der Waals surface area contributed by atoms with Crippen molar-refractivity contribution in [2.45, 2.75) is 32.9 Å². The molecule has 6 heteroatoms. The summed E-state index contributed by atoms with van der Waals surface area (Å²) in [6, 6.07) is 13.9. The van der Waals surface area contributed by atoms with Gasteiger partial charge in [0, 0.05) is 18.2 Å². The van der Waals surface area contributed by atoms with E-state index in [1.54, 1.807) is 4.90 Å². The molecule has 0 saturated heterocycles. The first kappa shape index (κ1) is 20.3. The molecule has 6 nitrogen and oxygen atoms in total. The fourth-order valence-corrected chi connectivity index (χ4v) is 2.56. The highest BCUT2D eigenvalue weighted by atomic mass is 16.5. The van der Waals surface area contributed by atoms with Gasteiger partial charge in [0.15, 0.2) is 6.61 Å². The predicted molar refractivity (Wildman–Crippen MR) is 102 cm³/mol. The van der Waals surface area contributed by atoms with Gasteiger partial charge in [-0.05, 0) is 38.5 Å². The van der Waals surface area contributed by atoms with E-state index in [1.807, 2.05) is 51.1 Å². The molecule has 144 valence electrons. The quantitative estimate of drug-likeness (QED) is 0.788. The number of aromatic hydroxyl groups is 1. The van der Waals surface area contributed by atoms with Crippen molar-refractivity contribution in [3.8, 4) is 11.5 Å². The van der Waals surface area contributed by atoms with Crippen molar-refractivity contribution in [2.75, 3.05) is 13.7 Å². The molecule has 0 aliphatic rings. The Hall–Kier alpha value is -3.02. The molecule has 27 heavy (non-hydrogen) atoms. The zero-order valence-electron chi connectivity index (χ0n) is 16.1. The van der Waals surface area contributed by atoms with Gasteiger partial charge in [0.2, 0.25) is 0 Å². The molecule has 0 heterocycles. The molecule has 0 radical (unpaired) electrons. The Morgan fingerprint density at radius 3 is 2.30 bits per heavy atom. The molecule has 2 rings (SSSR count). The van der Waals surface area contributed by atoms with Crippen LogP contribution in [0.2, 0.25) is 0 Å². The van der Waals surface area contributed by atoms with Crippen LogP contribution < -0.4 is 4.74 Å². The van der Waals surface area contributed by atoms with Gasteiger partial charge in [0.25, 0.3) is 5.91 Å². The lowest BCUT2D eigenvalue weighted by atomic mass is 10.0. The molecule has 2 aromatic carbocycles. The number of hydrogen-bond acceptors (Lipinski definition) is 5. The lowest BCUT2D eigenvalue weighted by molar-refractivity contribution is -0.140. The zero-order chi connectivity index (χ0) is 20.0. The number of carbonyl (C=O) groups is 2. The van der Waals surface area contributed by atoms with E-state index >= 15 is 0 Å². The minimum atomic E-state index is -0.767. The van der Waals surface area contributed by atoms with Gasteiger partial charge in [-0.2, -0.15) is 0 Å². The smallest absolute Gasteiger partial charge is 0.342 e. The number of rotatable bonds is 6. The third kappa shape index (κ3) is 5.48. The van der Waals surface area contributed by atoms with Gasteiger partial charge in [-0.25, -0.2) is 4.79 Å². The zero-order valence-corrected chi connectivity index (χ0v) is 16.1. The van der Waals surface area contributed by atoms with E-state index in [1.165, 1.54) is 25.3 Å². The highest BCUT2D eigenvalue weighted by Crippen LogP contribution is 2.24. The summed E-state index contributed by atoms with van der Waals surface area (Å²) in [6.07, 6.45) is 0. The summed E-state index contributed by atoms with van der Waals surface area (Å²) in [4.78, 5) is 26.5. The Labute approximate surface area is 159 Å². The average molecular weight is 371 g/mol. The second kappa shape index (κ2) is 8.58. The maximum absolute atomic E-state index is 12.7. The van der Waals surface area contributed by atoms with Crippen LogP contribution in [-0.2, 0) is 16.1 Å². The maximum Gasteiger partial charge on any atom is 0.342 e. The minimum absolute atomic E-state index is 0.0195. The molecule has 1 N–H and O–H groups in total. The van der Waals surface area contributed by atoms with Crippen molar-refractivity contribution in [3.05, 3.63) is 59.7 Å². The summed E-state index contributed by atoms with van der Waals surface area (Å²) < 4.78 is 10.1. The number of amides is 1. The Balaban J connectivity index is 2.05. The molecule has 0 atom stereocenters. The molecular formula is C21H25NO5. The fraction of sp³-hybridized carbons (Fsp3) is 0.333. The van der Waals surface area contributed by atoms with Gasteiger partial charge in [-0.3, -0.25) is 4.79 Å². The van der Waals surface area contributed by atoms with Gasteiger partial charge in [-0.15, -0.1) is 0 Å². The van der Waals surface area contributed by atoms with Crippen LogP contribution in [0.15, 0.2) is 48.5 Å². The highest BCUT2D eigenvalue weighted by molar-refractivity contribution is 5.94. The summed E-state index contributed by atoms with van der Waals surface area (Å²) in [5.74, 6) is -0.921. The van der Waals surface area contributed by atoms with E-state index < -0.39 is 18.1 Å². The first-order valence-electron chi connectivity index (χ1n) is 8.61. The van der Waals surface area contributed by atoms with Crippen LogP contribution in [0, 0.1) is 0 Å². The van der Waals surface area contributed by atoms with Gasteiger partial charge in [-0.1, -0.05) is 30.3 Å². The van der Waals surface area contributed by atoms with E-state index in [0.29, 0.717) is 12.3 Å². The van der Waals surface area contributed by atoms with E-state index in [-0.39, 0.29) is 17.2 Å². The number of carbonyl (C=O) groups excluding carboxylic acids is 2. The van der Waals surface area contributed by atoms with E-state index in [9.17, 15) is 14.7 Å². The van der Waals surface area contributed by atoms with Gasteiger partial charge in [0.05, 0.1) is 7.11 Å². The minimum Gasteiger partial charge on any atom is -0.507 e. The normalized spacial score (nSPS) is 11.0. The fourth-order valence-electron chi connectivity index (χ4n) is 2.56. The molecule has 0 aromatic heterocycles. The Bertz CT molecular complexity index is 796. The topological polar surface area (TPSA) is 76.1 Å². The van der Waals surface area contributed by atoms with E-state index in [0.717, 1.165) is 5.56 Å². The highest BCUT2D eigenvalue weighted by Gasteiger charge is 2.27. The molecule has 0 unspecified atom stereocenters. The van der Waals surface area contributed by atoms with Crippen molar-refractivity contribution in [3.63, 3.8) is 0 Å². The van der Waals surface area contributed by atoms with Crippen molar-refractivity contribution < 1.29 is 24.2 Å². The predicted octanol–water partition coefficient (Wildman–Crippen LogP) is 3.38. The first-order chi connectivity index (χ1) is 12.7. The van der Waals surface area contributed by atoms with Crippen LogP contribution >= 0.6 is 0 Å². The largest absolute Gasteiger partial charge is 0.507 e. The van der Waals surface area contributed by atoms with Crippen LogP contribution in [0.5, 0.6) is 11.5 Å². The number of methoxy groups -OCH3 is 1. The molecule has 1 amide bonds. The maximum atomic E-state index is 12.7. The summed E-state index contributed by atoms with van der Waals surface area (Å²) in [5.41, 5.74) is 0.524. The molecule has 0 spiro atoms. The number of phenolic OH excluding ortho intramolecular Hbond substituents is 1. The average Bonchev–Trinajstić information content (AvgIpc) is 2.63. The monoisotopic (exact) mass is 371 g/mol. The van der Waals surface area contributed by atoms with Crippen molar-refractivity contribution in [1.29, 1.82) is 0 Å². The molecule has 2 aromatic rings. The molecule has 0 aliphatic carbocycles. The number of ether oxygens (including phenoxy) is 2. The number of benzene rings is 2. The third-order valence-electron chi connectivity index (χ3n) is 4.05. The van der Waals surface area contributed by atoms with E-state index in [4.69, 9.17) is 9.47 Å². The Morgan fingerprint density at radius 2 is 1.74 bits per heavy atom. The second-order valence-corrected chi connectivity index (χ2v) is 7.10. The number of hydrogen-bond donors (Lipinski definition) is 1. The summed E-state index contributed by atoms with van der Waals surface area (Å²) >= 11 is 0. The van der Waals surface area contributed by atoms with Crippen molar-refractivity contribution in [1.82, 2.24) is 4.90 Å². The third-order valence-corrected chi connectivity index (χ3v) is 4.05. The number of nitrogens with zero attached hydrogens (tertiary/aromatic N) is 1. The standard InChI is InChI=1S/C21H25NO5/c1-21(2,3)22(13-15-8-6-5-7-9-15)19(24)14-27-20(25)17-11-10-16(26-4)12-18(17)23/h5-12,23H,13-14H2,1-4H3. The van der Waals surface area contributed by atoms with Crippen molar-refractivity contribution in [2.24, 2.45) is 0 Å². The second-order valence-electron chi connectivity index (χ2n) is 7.10. The van der Waals surface area contributed by atoms with E-state index in [2.05, 4.69) is 0 Å². The van der Waals surface area contributed by atoms with Crippen LogP contribution in [0.3, 0.4) is 0 Å². The van der Waals surface area contributed by atoms with Crippen LogP contribution in [-0.4, -0.2) is 41.1 Å². The number of phenols is 1. The van der Waals surface area contributed by atoms with Crippen LogP contribution in [0.1, 0.15) is 36.7 Å². The summed E-state index contributed by atoms with van der Waals surface area (Å²) in [7, 11) is 1.46. The Kier molecular flexibility index (Phi) is 6.45. The van der Waals surface area contributed by atoms with Gasteiger partial charge < -0.3 is 19.5 Å². The number of esters is 1. The molecule has 0 bridgehead atoms. The van der Waals surface area contributed by atoms with Gasteiger partial charge >= 0.3 is 5.97 Å². The van der Waals surface area contributed by atoms with Gasteiger partial charge in [0.1, 0.15) is 17.1 Å². The molecule has 0 saturated carbocycles. The Morgan fingerprint density at radius 1 is 1.07 bits per heavy atom.